The van der Waals surface area contributed by atoms with Crippen LogP contribution in [0.5, 0.6) is 0 Å². The summed E-state index contributed by atoms with van der Waals surface area (Å²) in [5.74, 6) is 2.02. The van der Waals surface area contributed by atoms with Gasteiger partial charge in [0.1, 0.15) is 11.6 Å². The molecule has 0 spiro atoms. The standard InChI is InChI=1S/C17H18FN7/c18-13-9-22-17(23-10-13)24-6-4-16-21-12-14(25(16)8-7-24)11-20-15-3-1-2-5-19-15/h1-3,5,9-10,12H,4,6-8,11H2,(H,19,20). The minimum Gasteiger partial charge on any atom is -0.364 e. The molecular weight excluding hydrogens is 321 g/mol. The van der Waals surface area contributed by atoms with E-state index < -0.39 is 5.82 Å². The normalized spacial score (nSPS) is 14.0. The van der Waals surface area contributed by atoms with Gasteiger partial charge >= 0.3 is 0 Å². The lowest BCUT2D eigenvalue weighted by Gasteiger charge is -2.19. The van der Waals surface area contributed by atoms with Crippen LogP contribution in [-0.2, 0) is 19.5 Å². The fourth-order valence-electron chi connectivity index (χ4n) is 2.95. The van der Waals surface area contributed by atoms with Gasteiger partial charge in [0.05, 0.1) is 30.8 Å². The van der Waals surface area contributed by atoms with Crippen LogP contribution in [0.1, 0.15) is 11.5 Å². The van der Waals surface area contributed by atoms with Crippen molar-refractivity contribution in [1.82, 2.24) is 24.5 Å². The van der Waals surface area contributed by atoms with Crippen LogP contribution in [-0.4, -0.2) is 37.6 Å². The van der Waals surface area contributed by atoms with Gasteiger partial charge in [0, 0.05) is 32.3 Å². The second kappa shape index (κ2) is 6.84. The number of fused-ring (bicyclic) bond motifs is 1. The van der Waals surface area contributed by atoms with Crippen molar-refractivity contribution in [2.24, 2.45) is 0 Å². The molecule has 0 aromatic carbocycles. The molecular formula is C17H18FN7. The molecule has 0 bridgehead atoms. The van der Waals surface area contributed by atoms with E-state index in [0.717, 1.165) is 43.4 Å². The molecule has 4 heterocycles. The van der Waals surface area contributed by atoms with Crippen LogP contribution in [0.2, 0.25) is 0 Å². The van der Waals surface area contributed by atoms with Gasteiger partial charge in [-0.3, -0.25) is 0 Å². The SMILES string of the molecule is Fc1cnc(N2CCc3ncc(CNc4ccccn4)n3CC2)nc1. The average molecular weight is 339 g/mol. The van der Waals surface area contributed by atoms with E-state index in [4.69, 9.17) is 0 Å². The van der Waals surface area contributed by atoms with E-state index >= 15 is 0 Å². The number of nitrogens with one attached hydrogen (secondary N) is 1. The lowest BCUT2D eigenvalue weighted by molar-refractivity contribution is 0.608. The topological polar surface area (TPSA) is 71.8 Å². The summed E-state index contributed by atoms with van der Waals surface area (Å²) in [5.41, 5.74) is 1.11. The molecule has 128 valence electrons. The molecule has 3 aromatic rings. The van der Waals surface area contributed by atoms with Crippen molar-refractivity contribution in [3.05, 3.63) is 60.3 Å². The first kappa shape index (κ1) is 15.5. The molecule has 0 saturated heterocycles. The van der Waals surface area contributed by atoms with Crippen molar-refractivity contribution in [2.75, 3.05) is 23.3 Å². The van der Waals surface area contributed by atoms with Crippen molar-refractivity contribution in [1.29, 1.82) is 0 Å². The fourth-order valence-corrected chi connectivity index (χ4v) is 2.95. The maximum atomic E-state index is 13.0. The van der Waals surface area contributed by atoms with Crippen LogP contribution >= 0.6 is 0 Å². The van der Waals surface area contributed by atoms with Gasteiger partial charge in [-0.2, -0.15) is 0 Å². The third-order valence-electron chi connectivity index (χ3n) is 4.22. The zero-order chi connectivity index (χ0) is 17.1. The number of hydrogen-bond acceptors (Lipinski definition) is 6. The number of pyridine rings is 1. The molecule has 0 aliphatic carbocycles. The summed E-state index contributed by atoms with van der Waals surface area (Å²) in [7, 11) is 0. The van der Waals surface area contributed by atoms with Gasteiger partial charge in [0.25, 0.3) is 0 Å². The first-order chi connectivity index (χ1) is 12.3. The van der Waals surface area contributed by atoms with E-state index in [2.05, 4.69) is 34.7 Å². The van der Waals surface area contributed by atoms with Gasteiger partial charge in [-0.15, -0.1) is 0 Å². The van der Waals surface area contributed by atoms with Crippen LogP contribution in [0, 0.1) is 5.82 Å². The summed E-state index contributed by atoms with van der Waals surface area (Å²) in [4.78, 5) is 19.0. The highest BCUT2D eigenvalue weighted by Crippen LogP contribution is 2.16. The molecule has 0 unspecified atom stereocenters. The molecule has 1 aliphatic heterocycles. The number of imidazole rings is 1. The Morgan fingerprint density at radius 1 is 1.00 bits per heavy atom. The Hall–Kier alpha value is -3.03. The largest absolute Gasteiger partial charge is 0.364 e. The molecule has 7 nitrogen and oxygen atoms in total. The number of hydrogen-bond donors (Lipinski definition) is 1. The number of aromatic nitrogens is 5. The van der Waals surface area contributed by atoms with Gasteiger partial charge in [0.15, 0.2) is 5.82 Å². The van der Waals surface area contributed by atoms with Gasteiger partial charge in [-0.05, 0) is 12.1 Å². The van der Waals surface area contributed by atoms with Crippen LogP contribution in [0.4, 0.5) is 16.2 Å². The Morgan fingerprint density at radius 2 is 1.88 bits per heavy atom. The first-order valence-corrected chi connectivity index (χ1v) is 8.20. The van der Waals surface area contributed by atoms with Crippen molar-refractivity contribution < 1.29 is 4.39 Å². The monoisotopic (exact) mass is 339 g/mol. The second-order valence-electron chi connectivity index (χ2n) is 5.82. The van der Waals surface area contributed by atoms with E-state index in [1.807, 2.05) is 24.4 Å². The summed E-state index contributed by atoms with van der Waals surface area (Å²) in [6.45, 7) is 2.97. The number of nitrogens with zero attached hydrogens (tertiary/aromatic N) is 6. The Morgan fingerprint density at radius 3 is 2.68 bits per heavy atom. The maximum Gasteiger partial charge on any atom is 0.225 e. The molecule has 1 N–H and O–H groups in total. The van der Waals surface area contributed by atoms with E-state index in [9.17, 15) is 4.39 Å². The molecule has 0 atom stereocenters. The Bertz CT molecular complexity index is 832. The lowest BCUT2D eigenvalue weighted by atomic mass is 10.4. The third-order valence-corrected chi connectivity index (χ3v) is 4.22. The average Bonchev–Trinajstić information content (AvgIpc) is 2.91. The smallest absolute Gasteiger partial charge is 0.225 e. The Labute approximate surface area is 144 Å². The quantitative estimate of drug-likeness (QED) is 0.783. The van der Waals surface area contributed by atoms with Crippen LogP contribution in [0.3, 0.4) is 0 Å². The minimum atomic E-state index is -0.422. The molecule has 25 heavy (non-hydrogen) atoms. The predicted octanol–water partition coefficient (Wildman–Crippen LogP) is 1.88. The van der Waals surface area contributed by atoms with E-state index in [1.165, 1.54) is 12.4 Å². The number of halogens is 1. The maximum absolute atomic E-state index is 13.0. The minimum absolute atomic E-state index is 0.422. The van der Waals surface area contributed by atoms with Gasteiger partial charge < -0.3 is 14.8 Å². The summed E-state index contributed by atoms with van der Waals surface area (Å²) in [6.07, 6.45) is 6.88. The van der Waals surface area contributed by atoms with Crippen molar-refractivity contribution in [3.63, 3.8) is 0 Å². The summed E-state index contributed by atoms with van der Waals surface area (Å²) in [6, 6.07) is 5.78. The Kier molecular flexibility index (Phi) is 4.24. The highest BCUT2D eigenvalue weighted by molar-refractivity contribution is 5.34. The van der Waals surface area contributed by atoms with Crippen molar-refractivity contribution in [2.45, 2.75) is 19.5 Å². The molecule has 1 aliphatic rings. The third kappa shape index (κ3) is 3.42. The van der Waals surface area contributed by atoms with Crippen LogP contribution in [0.25, 0.3) is 0 Å². The molecule has 4 rings (SSSR count). The van der Waals surface area contributed by atoms with E-state index in [1.54, 1.807) is 6.20 Å². The zero-order valence-electron chi connectivity index (χ0n) is 13.6. The highest BCUT2D eigenvalue weighted by atomic mass is 19.1. The van der Waals surface area contributed by atoms with E-state index in [-0.39, 0.29) is 0 Å². The molecule has 0 amide bonds. The van der Waals surface area contributed by atoms with Gasteiger partial charge in [0.2, 0.25) is 5.95 Å². The molecule has 3 aromatic heterocycles. The van der Waals surface area contributed by atoms with Crippen LogP contribution < -0.4 is 10.2 Å². The number of anilines is 2. The van der Waals surface area contributed by atoms with Gasteiger partial charge in [-0.1, -0.05) is 6.07 Å². The van der Waals surface area contributed by atoms with E-state index in [0.29, 0.717) is 12.5 Å². The lowest BCUT2D eigenvalue weighted by Crippen LogP contribution is -2.28. The molecule has 0 radical (unpaired) electrons. The highest BCUT2D eigenvalue weighted by Gasteiger charge is 2.19. The molecule has 8 heteroatoms. The molecule has 0 saturated carbocycles. The molecule has 0 fully saturated rings. The predicted molar refractivity (Wildman–Crippen MR) is 91.7 cm³/mol. The zero-order valence-corrected chi connectivity index (χ0v) is 13.6. The van der Waals surface area contributed by atoms with Crippen LogP contribution in [0.15, 0.2) is 43.0 Å². The summed E-state index contributed by atoms with van der Waals surface area (Å²) >= 11 is 0. The van der Waals surface area contributed by atoms with Gasteiger partial charge in [-0.25, -0.2) is 24.3 Å². The fraction of sp³-hybridized carbons (Fsp3) is 0.294. The first-order valence-electron chi connectivity index (χ1n) is 8.20. The number of rotatable bonds is 4. The summed E-state index contributed by atoms with van der Waals surface area (Å²) in [5, 5.41) is 3.31. The van der Waals surface area contributed by atoms with Crippen molar-refractivity contribution >= 4 is 11.8 Å². The second-order valence-corrected chi connectivity index (χ2v) is 5.82. The summed E-state index contributed by atoms with van der Waals surface area (Å²) < 4.78 is 15.2. The Balaban J connectivity index is 1.45. The van der Waals surface area contributed by atoms with Crippen molar-refractivity contribution in [3.8, 4) is 0 Å².